The summed E-state index contributed by atoms with van der Waals surface area (Å²) in [5, 5.41) is 13.1. The van der Waals surface area contributed by atoms with Crippen LogP contribution in [0.5, 0.6) is 0 Å². The fraction of sp³-hybridized carbons (Fsp3) is 0.357. The molecule has 2 atom stereocenters. The molecule has 1 N–H and O–H groups in total. The molecule has 0 spiro atoms. The first-order chi connectivity index (χ1) is 9.01. The van der Waals surface area contributed by atoms with Crippen molar-refractivity contribution in [2.24, 2.45) is 11.3 Å². The van der Waals surface area contributed by atoms with Gasteiger partial charge in [0.2, 0.25) is 11.7 Å². The highest BCUT2D eigenvalue weighted by molar-refractivity contribution is 5.77. The van der Waals surface area contributed by atoms with E-state index < -0.39 is 11.9 Å². The van der Waals surface area contributed by atoms with Crippen LogP contribution in [0.3, 0.4) is 0 Å². The van der Waals surface area contributed by atoms with Crippen LogP contribution in [0, 0.1) is 11.3 Å². The molecule has 5 nitrogen and oxygen atoms in total. The first kappa shape index (κ1) is 11.9. The Balaban J connectivity index is 1.90. The molecule has 1 fully saturated rings. The molecule has 5 heteroatoms. The van der Waals surface area contributed by atoms with Crippen molar-refractivity contribution in [2.45, 2.75) is 19.8 Å². The fourth-order valence-corrected chi connectivity index (χ4v) is 2.63. The number of aliphatic carboxylic acids is 1. The lowest BCUT2D eigenvalue weighted by atomic mass is 10.1. The first-order valence-corrected chi connectivity index (χ1v) is 6.13. The largest absolute Gasteiger partial charge is 0.481 e. The van der Waals surface area contributed by atoms with Gasteiger partial charge in [0.1, 0.15) is 0 Å². The van der Waals surface area contributed by atoms with Gasteiger partial charge in [-0.3, -0.25) is 4.79 Å². The summed E-state index contributed by atoms with van der Waals surface area (Å²) in [6, 6.07) is 9.48. The van der Waals surface area contributed by atoms with Crippen LogP contribution in [0.4, 0.5) is 0 Å². The maximum Gasteiger partial charge on any atom is 0.307 e. The third-order valence-corrected chi connectivity index (χ3v) is 3.83. The summed E-state index contributed by atoms with van der Waals surface area (Å²) >= 11 is 0. The first-order valence-electron chi connectivity index (χ1n) is 6.13. The zero-order valence-electron chi connectivity index (χ0n) is 10.7. The van der Waals surface area contributed by atoms with Gasteiger partial charge in [0.25, 0.3) is 0 Å². The summed E-state index contributed by atoms with van der Waals surface area (Å²) in [5.41, 5.74) is 0.537. The number of carboxylic acids is 1. The van der Waals surface area contributed by atoms with Crippen LogP contribution in [-0.2, 0) is 4.79 Å². The number of hydrogen-bond donors (Lipinski definition) is 1. The molecular weight excluding hydrogens is 244 g/mol. The van der Waals surface area contributed by atoms with Gasteiger partial charge in [-0.05, 0) is 5.41 Å². The smallest absolute Gasteiger partial charge is 0.307 e. The summed E-state index contributed by atoms with van der Waals surface area (Å²) in [5.74, 6) is -0.542. The van der Waals surface area contributed by atoms with E-state index in [4.69, 9.17) is 9.63 Å². The lowest BCUT2D eigenvalue weighted by Crippen LogP contribution is -2.03. The van der Waals surface area contributed by atoms with E-state index in [1.807, 2.05) is 44.2 Å². The van der Waals surface area contributed by atoms with Crippen molar-refractivity contribution in [3.63, 3.8) is 0 Å². The van der Waals surface area contributed by atoms with E-state index in [0.717, 1.165) is 5.56 Å². The Morgan fingerprint density at radius 3 is 2.58 bits per heavy atom. The van der Waals surface area contributed by atoms with Crippen molar-refractivity contribution < 1.29 is 14.4 Å². The SMILES string of the molecule is CC1(C)C(C(=O)O)C1c1nc(-c2ccccc2)no1. The summed E-state index contributed by atoms with van der Waals surface area (Å²) in [6.45, 7) is 3.81. The van der Waals surface area contributed by atoms with Gasteiger partial charge in [0.15, 0.2) is 0 Å². The molecule has 1 aromatic heterocycles. The van der Waals surface area contributed by atoms with Gasteiger partial charge in [-0.1, -0.05) is 49.3 Å². The number of aromatic nitrogens is 2. The molecule has 1 saturated carbocycles. The summed E-state index contributed by atoms with van der Waals surface area (Å²) < 4.78 is 5.23. The highest BCUT2D eigenvalue weighted by Crippen LogP contribution is 2.64. The second kappa shape index (κ2) is 3.91. The lowest BCUT2D eigenvalue weighted by Gasteiger charge is -1.96. The van der Waals surface area contributed by atoms with Crippen molar-refractivity contribution in [1.29, 1.82) is 0 Å². The second-order valence-electron chi connectivity index (χ2n) is 5.44. The molecule has 0 saturated heterocycles. The average Bonchev–Trinajstić information content (AvgIpc) is 2.76. The predicted octanol–water partition coefficient (Wildman–Crippen LogP) is 2.56. The van der Waals surface area contributed by atoms with Crippen LogP contribution in [0.2, 0.25) is 0 Å². The van der Waals surface area contributed by atoms with Crippen molar-refractivity contribution in [2.75, 3.05) is 0 Å². The molecule has 0 aliphatic heterocycles. The van der Waals surface area contributed by atoms with E-state index in [1.54, 1.807) is 0 Å². The average molecular weight is 258 g/mol. The number of benzene rings is 1. The third kappa shape index (κ3) is 1.82. The Kier molecular flexibility index (Phi) is 2.45. The zero-order chi connectivity index (χ0) is 13.6. The predicted molar refractivity (Wildman–Crippen MR) is 67.4 cm³/mol. The Hall–Kier alpha value is -2.17. The van der Waals surface area contributed by atoms with E-state index >= 15 is 0 Å². The molecule has 0 radical (unpaired) electrons. The van der Waals surface area contributed by atoms with E-state index in [2.05, 4.69) is 10.1 Å². The van der Waals surface area contributed by atoms with Crippen LogP contribution in [0.25, 0.3) is 11.4 Å². The molecule has 19 heavy (non-hydrogen) atoms. The van der Waals surface area contributed by atoms with Gasteiger partial charge in [-0.2, -0.15) is 4.98 Å². The standard InChI is InChI=1S/C14H14N2O3/c1-14(2)9(10(14)13(17)18)12-15-11(16-19-12)8-6-4-3-5-7-8/h3-7,9-10H,1-2H3,(H,17,18). The van der Waals surface area contributed by atoms with Gasteiger partial charge in [-0.25, -0.2) is 0 Å². The summed E-state index contributed by atoms with van der Waals surface area (Å²) in [4.78, 5) is 15.5. The van der Waals surface area contributed by atoms with Gasteiger partial charge in [-0.15, -0.1) is 0 Å². The van der Waals surface area contributed by atoms with Crippen molar-refractivity contribution in [3.05, 3.63) is 36.2 Å². The Morgan fingerprint density at radius 2 is 2.00 bits per heavy atom. The molecule has 0 amide bonds. The number of rotatable bonds is 3. The molecule has 1 aliphatic rings. The fourth-order valence-electron chi connectivity index (χ4n) is 2.63. The molecule has 1 aromatic carbocycles. The quantitative estimate of drug-likeness (QED) is 0.915. The molecule has 3 rings (SSSR count). The molecule has 1 heterocycles. The Morgan fingerprint density at radius 1 is 1.32 bits per heavy atom. The number of carbonyl (C=O) groups is 1. The molecule has 98 valence electrons. The normalized spacial score (nSPS) is 24.1. The highest BCUT2D eigenvalue weighted by Gasteiger charge is 2.65. The van der Waals surface area contributed by atoms with Gasteiger partial charge in [0, 0.05) is 5.56 Å². The van der Waals surface area contributed by atoms with Gasteiger partial charge < -0.3 is 9.63 Å². The number of hydrogen-bond acceptors (Lipinski definition) is 4. The monoisotopic (exact) mass is 258 g/mol. The van der Waals surface area contributed by atoms with Crippen LogP contribution in [0.15, 0.2) is 34.9 Å². The second-order valence-corrected chi connectivity index (χ2v) is 5.44. The topological polar surface area (TPSA) is 76.2 Å². The minimum absolute atomic E-state index is 0.199. The van der Waals surface area contributed by atoms with E-state index in [1.165, 1.54) is 0 Å². The summed E-state index contributed by atoms with van der Waals surface area (Å²) in [6.07, 6.45) is 0. The van der Waals surface area contributed by atoms with Gasteiger partial charge >= 0.3 is 5.97 Å². The number of nitrogens with zero attached hydrogens (tertiary/aromatic N) is 2. The minimum atomic E-state index is -0.811. The summed E-state index contributed by atoms with van der Waals surface area (Å²) in [7, 11) is 0. The number of carboxylic acid groups (broad SMARTS) is 1. The molecule has 2 unspecified atom stereocenters. The van der Waals surface area contributed by atoms with Crippen molar-refractivity contribution in [3.8, 4) is 11.4 Å². The molecule has 2 aromatic rings. The van der Waals surface area contributed by atoms with Crippen molar-refractivity contribution >= 4 is 5.97 Å². The maximum absolute atomic E-state index is 11.1. The Bertz CT molecular complexity index is 619. The van der Waals surface area contributed by atoms with Crippen LogP contribution in [-0.4, -0.2) is 21.2 Å². The Labute approximate surface area is 110 Å². The zero-order valence-corrected chi connectivity index (χ0v) is 10.7. The van der Waals surface area contributed by atoms with E-state index in [-0.39, 0.29) is 11.3 Å². The van der Waals surface area contributed by atoms with Crippen LogP contribution < -0.4 is 0 Å². The van der Waals surface area contributed by atoms with Crippen molar-refractivity contribution in [1.82, 2.24) is 10.1 Å². The third-order valence-electron chi connectivity index (χ3n) is 3.83. The van der Waals surface area contributed by atoms with E-state index in [0.29, 0.717) is 11.7 Å². The molecule has 1 aliphatic carbocycles. The molecular formula is C14H14N2O3. The molecule has 0 bridgehead atoms. The minimum Gasteiger partial charge on any atom is -0.481 e. The maximum atomic E-state index is 11.1. The van der Waals surface area contributed by atoms with E-state index in [9.17, 15) is 4.79 Å². The van der Waals surface area contributed by atoms with Gasteiger partial charge in [0.05, 0.1) is 11.8 Å². The lowest BCUT2D eigenvalue weighted by molar-refractivity contribution is -0.139. The highest BCUT2D eigenvalue weighted by atomic mass is 16.5. The van der Waals surface area contributed by atoms with Crippen LogP contribution >= 0.6 is 0 Å². The van der Waals surface area contributed by atoms with Crippen LogP contribution in [0.1, 0.15) is 25.7 Å².